The fraction of sp³-hybridized carbons (Fsp3) is 0.261. The molecule has 1 unspecified atom stereocenters. The number of hydrogen-bond acceptors (Lipinski definition) is 5. The van der Waals surface area contributed by atoms with E-state index in [1.807, 2.05) is 0 Å². The van der Waals surface area contributed by atoms with Gasteiger partial charge in [0.05, 0.1) is 12.7 Å². The van der Waals surface area contributed by atoms with Gasteiger partial charge < -0.3 is 14.8 Å². The van der Waals surface area contributed by atoms with E-state index in [1.165, 1.54) is 37.9 Å². The topological polar surface area (TPSA) is 91.6 Å². The van der Waals surface area contributed by atoms with Crippen LogP contribution in [0.4, 0.5) is 10.2 Å². The second kappa shape index (κ2) is 8.33. The number of nitrogens with one attached hydrogen (secondary N) is 1. The van der Waals surface area contributed by atoms with Crippen molar-refractivity contribution in [1.29, 1.82) is 0 Å². The number of amides is 1. The third kappa shape index (κ3) is 3.77. The second-order valence-electron chi connectivity index (χ2n) is 7.60. The zero-order chi connectivity index (χ0) is 23.0. The van der Waals surface area contributed by atoms with Crippen LogP contribution >= 0.6 is 0 Å². The van der Waals surface area contributed by atoms with Gasteiger partial charge in [-0.15, -0.1) is 0 Å². The standard InChI is InChI=1S/C23H22FN3O5/c1-26-21-20(22(29)27(2)23(26)30)16(11-19(28)25-21)14-7-8-17(18(10-14)31-3)32-12-13-5-4-6-15(24)9-13/h4-10,16H,11-12H2,1-3H3,(H,25,28). The molecule has 166 valence electrons. The minimum atomic E-state index is -0.560. The van der Waals surface area contributed by atoms with E-state index < -0.39 is 17.2 Å². The summed E-state index contributed by atoms with van der Waals surface area (Å²) in [5.41, 5.74) is 0.696. The van der Waals surface area contributed by atoms with Crippen molar-refractivity contribution in [2.45, 2.75) is 18.9 Å². The lowest BCUT2D eigenvalue weighted by molar-refractivity contribution is -0.116. The molecule has 1 aliphatic rings. The van der Waals surface area contributed by atoms with Crippen molar-refractivity contribution in [1.82, 2.24) is 9.13 Å². The molecule has 0 radical (unpaired) electrons. The van der Waals surface area contributed by atoms with Gasteiger partial charge in [-0.05, 0) is 35.4 Å². The Hall–Kier alpha value is -3.88. The Morgan fingerprint density at radius 1 is 1.06 bits per heavy atom. The maximum atomic E-state index is 13.4. The highest BCUT2D eigenvalue weighted by molar-refractivity contribution is 5.94. The normalized spacial score (nSPS) is 15.1. The molecule has 8 nitrogen and oxygen atoms in total. The van der Waals surface area contributed by atoms with Crippen LogP contribution in [0.5, 0.6) is 11.5 Å². The van der Waals surface area contributed by atoms with Crippen molar-refractivity contribution >= 4 is 11.7 Å². The molecule has 0 fully saturated rings. The Kier molecular flexibility index (Phi) is 5.56. The summed E-state index contributed by atoms with van der Waals surface area (Å²) in [5.74, 6) is -0.155. The number of rotatable bonds is 5. The summed E-state index contributed by atoms with van der Waals surface area (Å²) in [7, 11) is 4.40. The highest BCUT2D eigenvalue weighted by Gasteiger charge is 2.32. The molecule has 2 aromatic carbocycles. The summed E-state index contributed by atoms with van der Waals surface area (Å²) in [4.78, 5) is 37.5. The van der Waals surface area contributed by atoms with Crippen LogP contribution in [0.2, 0.25) is 0 Å². The maximum absolute atomic E-state index is 13.4. The molecule has 0 aliphatic carbocycles. The van der Waals surface area contributed by atoms with Gasteiger partial charge in [-0.1, -0.05) is 18.2 Å². The first kappa shape index (κ1) is 21.4. The van der Waals surface area contributed by atoms with Gasteiger partial charge >= 0.3 is 5.69 Å². The van der Waals surface area contributed by atoms with Gasteiger partial charge in [-0.25, -0.2) is 9.18 Å². The monoisotopic (exact) mass is 439 g/mol. The number of hydrogen-bond donors (Lipinski definition) is 1. The highest BCUT2D eigenvalue weighted by Crippen LogP contribution is 2.38. The maximum Gasteiger partial charge on any atom is 0.332 e. The minimum Gasteiger partial charge on any atom is -0.493 e. The van der Waals surface area contributed by atoms with Gasteiger partial charge in [0, 0.05) is 26.4 Å². The fourth-order valence-corrected chi connectivity index (χ4v) is 3.90. The molecule has 0 bridgehead atoms. The molecule has 9 heteroatoms. The van der Waals surface area contributed by atoms with E-state index in [1.54, 1.807) is 30.3 Å². The third-order valence-corrected chi connectivity index (χ3v) is 5.57. The zero-order valence-electron chi connectivity index (χ0n) is 17.8. The predicted octanol–water partition coefficient (Wildman–Crippen LogP) is 2.28. The van der Waals surface area contributed by atoms with Crippen molar-refractivity contribution in [3.05, 3.63) is 85.8 Å². The molecular weight excluding hydrogens is 417 g/mol. The highest BCUT2D eigenvalue weighted by atomic mass is 19.1. The van der Waals surface area contributed by atoms with Gasteiger partial charge in [-0.3, -0.25) is 18.7 Å². The number of anilines is 1. The number of nitrogens with zero attached hydrogens (tertiary/aromatic N) is 2. The Morgan fingerprint density at radius 2 is 1.84 bits per heavy atom. The number of fused-ring (bicyclic) bond motifs is 1. The summed E-state index contributed by atoms with van der Waals surface area (Å²) in [6.07, 6.45) is 0.0487. The Morgan fingerprint density at radius 3 is 2.56 bits per heavy atom. The fourth-order valence-electron chi connectivity index (χ4n) is 3.90. The average Bonchev–Trinajstić information content (AvgIpc) is 2.79. The van der Waals surface area contributed by atoms with Crippen molar-refractivity contribution in [3.63, 3.8) is 0 Å². The van der Waals surface area contributed by atoms with Gasteiger partial charge in [-0.2, -0.15) is 0 Å². The van der Waals surface area contributed by atoms with Crippen molar-refractivity contribution < 1.29 is 18.7 Å². The summed E-state index contributed by atoms with van der Waals surface area (Å²) in [5, 5.41) is 2.64. The van der Waals surface area contributed by atoms with E-state index in [0.29, 0.717) is 28.2 Å². The smallest absolute Gasteiger partial charge is 0.332 e. The molecule has 0 spiro atoms. The molecule has 1 amide bonds. The Labute approximate surface area is 182 Å². The van der Waals surface area contributed by atoms with E-state index in [2.05, 4.69) is 5.32 Å². The molecule has 1 aromatic heterocycles. The van der Waals surface area contributed by atoms with Crippen LogP contribution < -0.4 is 26.0 Å². The Bertz CT molecular complexity index is 1330. The molecule has 0 saturated heterocycles. The number of carbonyl (C=O) groups excluding carboxylic acids is 1. The van der Waals surface area contributed by atoms with Crippen LogP contribution in [0.15, 0.2) is 52.1 Å². The van der Waals surface area contributed by atoms with Crippen LogP contribution in [0.1, 0.15) is 29.0 Å². The predicted molar refractivity (Wildman–Crippen MR) is 116 cm³/mol. The van der Waals surface area contributed by atoms with Crippen LogP contribution in [0.25, 0.3) is 0 Å². The molecular formula is C23H22FN3O5. The van der Waals surface area contributed by atoms with Crippen LogP contribution in [-0.4, -0.2) is 22.2 Å². The molecule has 1 N–H and O–H groups in total. The first-order valence-electron chi connectivity index (χ1n) is 9.95. The van der Waals surface area contributed by atoms with Crippen LogP contribution in [0, 0.1) is 5.82 Å². The SMILES string of the molecule is COc1cc(C2CC(=O)Nc3c2c(=O)n(C)c(=O)n3C)ccc1OCc1cccc(F)c1. The van der Waals surface area contributed by atoms with Gasteiger partial charge in [0.25, 0.3) is 5.56 Å². The molecule has 0 saturated carbocycles. The molecule has 32 heavy (non-hydrogen) atoms. The van der Waals surface area contributed by atoms with E-state index in [-0.39, 0.29) is 30.6 Å². The van der Waals surface area contributed by atoms with E-state index in [4.69, 9.17) is 9.47 Å². The van der Waals surface area contributed by atoms with Crippen molar-refractivity contribution in [2.75, 3.05) is 12.4 Å². The minimum absolute atomic E-state index is 0.0487. The number of methoxy groups -OCH3 is 1. The van der Waals surface area contributed by atoms with Gasteiger partial charge in [0.2, 0.25) is 5.91 Å². The van der Waals surface area contributed by atoms with Crippen LogP contribution in [0.3, 0.4) is 0 Å². The summed E-state index contributed by atoms with van der Waals surface area (Å²) in [6, 6.07) is 11.2. The molecule has 2 heterocycles. The quantitative estimate of drug-likeness (QED) is 0.659. The summed E-state index contributed by atoms with van der Waals surface area (Å²) in [6.45, 7) is 0.144. The van der Waals surface area contributed by atoms with E-state index >= 15 is 0 Å². The summed E-state index contributed by atoms with van der Waals surface area (Å²) < 4.78 is 26.9. The van der Waals surface area contributed by atoms with Crippen LogP contribution in [-0.2, 0) is 25.5 Å². The van der Waals surface area contributed by atoms with Crippen molar-refractivity contribution in [3.8, 4) is 11.5 Å². The number of aromatic nitrogens is 2. The lowest BCUT2D eigenvalue weighted by atomic mass is 9.86. The largest absolute Gasteiger partial charge is 0.493 e. The number of benzene rings is 2. The Balaban J connectivity index is 1.72. The first-order valence-corrected chi connectivity index (χ1v) is 9.95. The lowest BCUT2D eigenvalue weighted by Gasteiger charge is -2.27. The molecule has 1 atom stereocenters. The third-order valence-electron chi connectivity index (χ3n) is 5.57. The number of ether oxygens (including phenoxy) is 2. The molecule has 1 aliphatic heterocycles. The van der Waals surface area contributed by atoms with Gasteiger partial charge in [0.15, 0.2) is 11.5 Å². The van der Waals surface area contributed by atoms with E-state index in [9.17, 15) is 18.8 Å². The second-order valence-corrected chi connectivity index (χ2v) is 7.60. The van der Waals surface area contributed by atoms with E-state index in [0.717, 1.165) is 4.57 Å². The summed E-state index contributed by atoms with van der Waals surface area (Å²) >= 11 is 0. The first-order chi connectivity index (χ1) is 15.3. The van der Waals surface area contributed by atoms with Gasteiger partial charge in [0.1, 0.15) is 18.2 Å². The molecule has 4 rings (SSSR count). The number of carbonyl (C=O) groups is 1. The molecule has 3 aromatic rings. The average molecular weight is 439 g/mol. The number of halogens is 1. The van der Waals surface area contributed by atoms with Crippen molar-refractivity contribution in [2.24, 2.45) is 14.1 Å². The lowest BCUT2D eigenvalue weighted by Crippen LogP contribution is -2.44. The zero-order valence-corrected chi connectivity index (χ0v) is 17.8.